The van der Waals surface area contributed by atoms with Gasteiger partial charge in [0, 0.05) is 29.7 Å². The molecule has 2 aromatic carbocycles. The Balaban J connectivity index is 1.58. The fourth-order valence-electron chi connectivity index (χ4n) is 2.90. The van der Waals surface area contributed by atoms with Gasteiger partial charge in [0.25, 0.3) is 0 Å². The predicted octanol–water partition coefficient (Wildman–Crippen LogP) is 4.06. The normalized spacial score (nSPS) is 14.9. The number of ether oxygens (including phenoxy) is 3. The number of halogens is 1. The molecule has 1 aliphatic heterocycles. The number of rotatable bonds is 8. The van der Waals surface area contributed by atoms with Crippen molar-refractivity contribution < 1.29 is 19.0 Å². The summed E-state index contributed by atoms with van der Waals surface area (Å²) in [5.41, 5.74) is 1.53. The monoisotopic (exact) mass is 445 g/mol. The number of carbonyl (C=O) groups excluding carboxylic acids is 1. The predicted molar refractivity (Wildman–Crippen MR) is 113 cm³/mol. The van der Waals surface area contributed by atoms with Gasteiger partial charge in [-0.15, -0.1) is 0 Å². The van der Waals surface area contributed by atoms with Crippen molar-refractivity contribution >= 4 is 27.8 Å². The Kier molecular flexibility index (Phi) is 7.65. The molecule has 0 spiro atoms. The summed E-state index contributed by atoms with van der Waals surface area (Å²) in [6.07, 6.45) is 3.35. The molecule has 6 heteroatoms. The number of morpholine rings is 1. The van der Waals surface area contributed by atoms with Crippen molar-refractivity contribution in [2.24, 2.45) is 0 Å². The van der Waals surface area contributed by atoms with Gasteiger partial charge in [-0.2, -0.15) is 0 Å². The van der Waals surface area contributed by atoms with Crippen LogP contribution in [-0.4, -0.2) is 57.2 Å². The van der Waals surface area contributed by atoms with Gasteiger partial charge in [-0.25, -0.2) is 0 Å². The number of hydrogen-bond donors (Lipinski definition) is 0. The summed E-state index contributed by atoms with van der Waals surface area (Å²) in [4.78, 5) is 14.6. The molecule has 0 saturated carbocycles. The Morgan fingerprint density at radius 2 is 1.89 bits per heavy atom. The molecule has 2 aromatic rings. The smallest absolute Gasteiger partial charge is 0.185 e. The van der Waals surface area contributed by atoms with Gasteiger partial charge in [0.2, 0.25) is 0 Å². The van der Waals surface area contributed by atoms with Crippen molar-refractivity contribution in [3.8, 4) is 11.5 Å². The maximum atomic E-state index is 12.3. The van der Waals surface area contributed by atoms with E-state index in [2.05, 4.69) is 20.8 Å². The van der Waals surface area contributed by atoms with Crippen molar-refractivity contribution in [3.05, 3.63) is 64.1 Å². The Labute approximate surface area is 174 Å². The summed E-state index contributed by atoms with van der Waals surface area (Å²) in [5.74, 6) is 1.31. The number of methoxy groups -OCH3 is 1. The van der Waals surface area contributed by atoms with Crippen LogP contribution < -0.4 is 9.47 Å². The first-order chi connectivity index (χ1) is 13.7. The van der Waals surface area contributed by atoms with Gasteiger partial charge in [0.1, 0.15) is 6.61 Å². The molecule has 0 aromatic heterocycles. The second-order valence-electron chi connectivity index (χ2n) is 6.42. The first kappa shape index (κ1) is 20.6. The van der Waals surface area contributed by atoms with Crippen LogP contribution in [0.2, 0.25) is 0 Å². The highest BCUT2D eigenvalue weighted by molar-refractivity contribution is 9.10. The van der Waals surface area contributed by atoms with E-state index in [0.29, 0.717) is 23.7 Å². The van der Waals surface area contributed by atoms with Crippen molar-refractivity contribution in [1.29, 1.82) is 0 Å². The second kappa shape index (κ2) is 10.4. The Hall–Kier alpha value is -2.15. The zero-order valence-corrected chi connectivity index (χ0v) is 17.5. The van der Waals surface area contributed by atoms with E-state index in [1.807, 2.05) is 30.3 Å². The molecule has 0 atom stereocenters. The van der Waals surface area contributed by atoms with Gasteiger partial charge in [-0.3, -0.25) is 9.69 Å². The average molecular weight is 446 g/mol. The van der Waals surface area contributed by atoms with Crippen LogP contribution in [0.1, 0.15) is 15.9 Å². The molecule has 0 amide bonds. The van der Waals surface area contributed by atoms with E-state index >= 15 is 0 Å². The van der Waals surface area contributed by atoms with Crippen molar-refractivity contribution in [2.75, 3.05) is 46.6 Å². The van der Waals surface area contributed by atoms with Crippen LogP contribution in [-0.2, 0) is 4.74 Å². The first-order valence-corrected chi connectivity index (χ1v) is 10.0. The third-order valence-corrected chi connectivity index (χ3v) is 5.04. The van der Waals surface area contributed by atoms with Crippen LogP contribution in [0, 0.1) is 0 Å². The molecular formula is C22H24BrNO4. The van der Waals surface area contributed by atoms with Gasteiger partial charge in [0.05, 0.1) is 20.3 Å². The van der Waals surface area contributed by atoms with Crippen molar-refractivity contribution in [2.45, 2.75) is 0 Å². The molecule has 0 aliphatic carbocycles. The van der Waals surface area contributed by atoms with E-state index in [-0.39, 0.29) is 5.78 Å². The van der Waals surface area contributed by atoms with E-state index in [4.69, 9.17) is 14.2 Å². The second-order valence-corrected chi connectivity index (χ2v) is 7.33. The Morgan fingerprint density at radius 3 is 2.61 bits per heavy atom. The molecule has 148 valence electrons. The lowest BCUT2D eigenvalue weighted by molar-refractivity contribution is 0.0321. The van der Waals surface area contributed by atoms with Gasteiger partial charge >= 0.3 is 0 Å². The van der Waals surface area contributed by atoms with Crippen LogP contribution in [0.4, 0.5) is 0 Å². The van der Waals surface area contributed by atoms with Crippen LogP contribution in [0.5, 0.6) is 11.5 Å². The summed E-state index contributed by atoms with van der Waals surface area (Å²) in [7, 11) is 1.62. The van der Waals surface area contributed by atoms with Crippen molar-refractivity contribution in [3.63, 3.8) is 0 Å². The van der Waals surface area contributed by atoms with E-state index in [1.54, 1.807) is 31.4 Å². The highest BCUT2D eigenvalue weighted by Crippen LogP contribution is 2.28. The molecule has 0 bridgehead atoms. The molecule has 3 rings (SSSR count). The molecule has 5 nitrogen and oxygen atoms in total. The molecule has 0 N–H and O–H groups in total. The molecule has 1 saturated heterocycles. The zero-order valence-electron chi connectivity index (χ0n) is 15.9. The number of benzene rings is 2. The maximum Gasteiger partial charge on any atom is 0.185 e. The summed E-state index contributed by atoms with van der Waals surface area (Å²) in [5, 5.41) is 0. The lowest BCUT2D eigenvalue weighted by atomic mass is 10.1. The van der Waals surface area contributed by atoms with Crippen LogP contribution in [0.25, 0.3) is 6.08 Å². The molecule has 1 aliphatic rings. The van der Waals surface area contributed by atoms with Gasteiger partial charge < -0.3 is 14.2 Å². The standard InChI is InChI=1S/C22H24BrNO4/c1-26-22-16-17(2-8-20(25)18-4-6-19(23)7-5-18)3-9-21(22)28-15-12-24-10-13-27-14-11-24/h2-9,16H,10-15H2,1H3/b8-2+. The fraction of sp³-hybridized carbons (Fsp3) is 0.318. The van der Waals surface area contributed by atoms with Gasteiger partial charge in [-0.05, 0) is 48.0 Å². The number of allylic oxidation sites excluding steroid dienone is 1. The largest absolute Gasteiger partial charge is 0.493 e. The molecule has 1 heterocycles. The lowest BCUT2D eigenvalue weighted by Crippen LogP contribution is -2.38. The first-order valence-electron chi connectivity index (χ1n) is 9.24. The van der Waals surface area contributed by atoms with E-state index in [9.17, 15) is 4.79 Å². The SMILES string of the molecule is COc1cc(/C=C/C(=O)c2ccc(Br)cc2)ccc1OCCN1CCOCC1. The van der Waals surface area contributed by atoms with E-state index in [1.165, 1.54) is 0 Å². The molecule has 1 fully saturated rings. The topological polar surface area (TPSA) is 48.0 Å². The molecule has 28 heavy (non-hydrogen) atoms. The molecule has 0 unspecified atom stereocenters. The average Bonchev–Trinajstić information content (AvgIpc) is 2.74. The number of carbonyl (C=O) groups is 1. The fourth-order valence-corrected chi connectivity index (χ4v) is 3.16. The number of ketones is 1. The zero-order chi connectivity index (χ0) is 19.8. The van der Waals surface area contributed by atoms with E-state index < -0.39 is 0 Å². The minimum Gasteiger partial charge on any atom is -0.493 e. The van der Waals surface area contributed by atoms with Crippen LogP contribution in [0.3, 0.4) is 0 Å². The third kappa shape index (κ3) is 5.92. The molecule has 0 radical (unpaired) electrons. The van der Waals surface area contributed by atoms with Crippen LogP contribution in [0.15, 0.2) is 53.0 Å². The quantitative estimate of drug-likeness (QED) is 0.452. The summed E-state index contributed by atoms with van der Waals surface area (Å²) in [6.45, 7) is 4.89. The minimum atomic E-state index is -0.0442. The van der Waals surface area contributed by atoms with Gasteiger partial charge in [0.15, 0.2) is 17.3 Å². The number of nitrogens with zero attached hydrogens (tertiary/aromatic N) is 1. The summed E-state index contributed by atoms with van der Waals surface area (Å²) >= 11 is 3.37. The maximum absolute atomic E-state index is 12.3. The summed E-state index contributed by atoms with van der Waals surface area (Å²) in [6, 6.07) is 13.0. The minimum absolute atomic E-state index is 0.0442. The highest BCUT2D eigenvalue weighted by Gasteiger charge is 2.11. The van der Waals surface area contributed by atoms with Gasteiger partial charge in [-0.1, -0.05) is 28.1 Å². The highest BCUT2D eigenvalue weighted by atomic mass is 79.9. The summed E-state index contributed by atoms with van der Waals surface area (Å²) < 4.78 is 17.6. The van der Waals surface area contributed by atoms with Crippen molar-refractivity contribution in [1.82, 2.24) is 4.90 Å². The lowest BCUT2D eigenvalue weighted by Gasteiger charge is -2.26. The van der Waals surface area contributed by atoms with Crippen LogP contribution >= 0.6 is 15.9 Å². The Morgan fingerprint density at radius 1 is 1.14 bits per heavy atom. The van der Waals surface area contributed by atoms with E-state index in [0.717, 1.165) is 42.9 Å². The number of hydrogen-bond acceptors (Lipinski definition) is 5. The Bertz CT molecular complexity index is 814. The molecular weight excluding hydrogens is 422 g/mol. The third-order valence-electron chi connectivity index (χ3n) is 4.51.